The molecule has 0 saturated heterocycles. The lowest BCUT2D eigenvalue weighted by Crippen LogP contribution is -2.27. The maximum atomic E-state index is 12.7. The van der Waals surface area contributed by atoms with Crippen LogP contribution in [-0.4, -0.2) is 25.2 Å². The van der Waals surface area contributed by atoms with Gasteiger partial charge in [-0.25, -0.2) is 4.79 Å². The highest BCUT2D eigenvalue weighted by atomic mass is 16.5. The smallest absolute Gasteiger partial charge is 0.334 e. The second-order valence-corrected chi connectivity index (χ2v) is 11.5. The number of allylic oxidation sites excluding steroid dienone is 1. The largest absolute Gasteiger partial charge is 0.465 e. The Morgan fingerprint density at radius 1 is 0.605 bits per heavy atom. The lowest BCUT2D eigenvalue weighted by Gasteiger charge is -2.21. The summed E-state index contributed by atoms with van der Waals surface area (Å²) in [5, 5.41) is 0. The van der Waals surface area contributed by atoms with Crippen LogP contribution in [0.25, 0.3) is 0 Å². The number of carbonyl (C=O) groups is 2. The molecule has 1 unspecified atom stereocenters. The molecule has 0 radical (unpaired) electrons. The first kappa shape index (κ1) is 34.7. The molecule has 0 heterocycles. The van der Waals surface area contributed by atoms with Crippen molar-refractivity contribution in [1.29, 1.82) is 0 Å². The van der Waals surface area contributed by atoms with Crippen LogP contribution in [0.3, 0.4) is 0 Å². The molecule has 0 N–H and O–H groups in total. The molecule has 0 spiro atoms. The maximum absolute atomic E-state index is 12.7. The maximum Gasteiger partial charge on any atom is 0.334 e. The van der Waals surface area contributed by atoms with Crippen LogP contribution in [0.1, 0.15) is 174 Å². The highest BCUT2D eigenvalue weighted by Gasteiger charge is 2.31. The zero-order valence-electron chi connectivity index (χ0n) is 25.4. The van der Waals surface area contributed by atoms with Crippen molar-refractivity contribution in [2.45, 2.75) is 174 Å². The van der Waals surface area contributed by atoms with E-state index in [-0.39, 0.29) is 11.9 Å². The van der Waals surface area contributed by atoms with Gasteiger partial charge < -0.3 is 9.47 Å². The number of hydrogen-bond acceptors (Lipinski definition) is 4. The molecule has 4 nitrogen and oxygen atoms in total. The van der Waals surface area contributed by atoms with E-state index in [1.54, 1.807) is 0 Å². The molecule has 38 heavy (non-hydrogen) atoms. The number of esters is 2. The number of ether oxygens (including phenoxy) is 2. The van der Waals surface area contributed by atoms with Crippen molar-refractivity contribution in [3.05, 3.63) is 11.6 Å². The summed E-state index contributed by atoms with van der Waals surface area (Å²) in [6, 6.07) is 0. The molecule has 1 atom stereocenters. The van der Waals surface area contributed by atoms with Crippen LogP contribution < -0.4 is 0 Å². The topological polar surface area (TPSA) is 52.6 Å². The van der Waals surface area contributed by atoms with Crippen LogP contribution in [0.5, 0.6) is 0 Å². The van der Waals surface area contributed by atoms with Gasteiger partial charge in [-0.2, -0.15) is 0 Å². The van der Waals surface area contributed by atoms with Gasteiger partial charge in [0.15, 0.2) is 0 Å². The summed E-state index contributed by atoms with van der Waals surface area (Å²) in [6.45, 7) is 5.44. The van der Waals surface area contributed by atoms with E-state index < -0.39 is 5.92 Å². The normalized spacial score (nSPS) is 15.3. The Kier molecular flexibility index (Phi) is 23.7. The number of unbranched alkanes of at least 4 members (excludes halogenated alkanes) is 20. The first-order valence-corrected chi connectivity index (χ1v) is 16.7. The Hall–Kier alpha value is -1.32. The van der Waals surface area contributed by atoms with Crippen LogP contribution in [0.15, 0.2) is 11.6 Å². The van der Waals surface area contributed by atoms with Gasteiger partial charge in [-0.1, -0.05) is 148 Å². The lowest BCUT2D eigenvalue weighted by molar-refractivity contribution is -0.151. The van der Waals surface area contributed by atoms with Crippen LogP contribution in [0.4, 0.5) is 0 Å². The Bertz CT molecular complexity index is 597. The second kappa shape index (κ2) is 25.9. The monoisotopic (exact) mass is 534 g/mol. The van der Waals surface area contributed by atoms with E-state index in [0.717, 1.165) is 38.5 Å². The highest BCUT2D eigenvalue weighted by molar-refractivity contribution is 5.95. The molecule has 0 bridgehead atoms. The van der Waals surface area contributed by atoms with E-state index in [1.807, 2.05) is 6.08 Å². The van der Waals surface area contributed by atoms with Crippen molar-refractivity contribution in [2.24, 2.45) is 5.92 Å². The SMILES string of the molecule is CCCCCCCCCCCCCOC(=O)C1=CCCCC1C(=O)OCCCCCCCCCCCCC. The quantitative estimate of drug-likeness (QED) is 0.0818. The van der Waals surface area contributed by atoms with Crippen LogP contribution >= 0.6 is 0 Å². The molecular weight excluding hydrogens is 472 g/mol. The summed E-state index contributed by atoms with van der Waals surface area (Å²) in [6.07, 6.45) is 32.4. The van der Waals surface area contributed by atoms with E-state index in [1.165, 1.54) is 116 Å². The molecule has 1 aliphatic rings. The predicted octanol–water partition coefficient (Wildman–Crippen LogP) is 10.4. The fourth-order valence-electron chi connectivity index (χ4n) is 5.40. The average Bonchev–Trinajstić information content (AvgIpc) is 2.94. The predicted molar refractivity (Wildman–Crippen MR) is 160 cm³/mol. The van der Waals surface area contributed by atoms with E-state index >= 15 is 0 Å². The van der Waals surface area contributed by atoms with Crippen molar-refractivity contribution in [1.82, 2.24) is 0 Å². The Labute approximate surface area is 236 Å². The van der Waals surface area contributed by atoms with Gasteiger partial charge in [0.2, 0.25) is 0 Å². The molecule has 0 fully saturated rings. The molecule has 0 aromatic rings. The molecule has 4 heteroatoms. The average molecular weight is 535 g/mol. The minimum absolute atomic E-state index is 0.241. The number of rotatable bonds is 26. The Morgan fingerprint density at radius 2 is 1.00 bits per heavy atom. The molecule has 0 saturated carbocycles. The summed E-state index contributed by atoms with van der Waals surface area (Å²) in [5.74, 6) is -0.996. The highest BCUT2D eigenvalue weighted by Crippen LogP contribution is 2.27. The number of carbonyl (C=O) groups excluding carboxylic acids is 2. The van der Waals surface area contributed by atoms with Crippen molar-refractivity contribution in [3.63, 3.8) is 0 Å². The summed E-state index contributed by atoms with van der Waals surface area (Å²) >= 11 is 0. The van der Waals surface area contributed by atoms with Gasteiger partial charge in [0.1, 0.15) is 0 Å². The van der Waals surface area contributed by atoms with Gasteiger partial charge in [-0.3, -0.25) is 4.79 Å². The van der Waals surface area contributed by atoms with E-state index in [0.29, 0.717) is 25.2 Å². The summed E-state index contributed by atoms with van der Waals surface area (Å²) in [4.78, 5) is 25.4. The van der Waals surface area contributed by atoms with E-state index in [9.17, 15) is 9.59 Å². The third-order valence-electron chi connectivity index (χ3n) is 7.93. The van der Waals surface area contributed by atoms with Crippen LogP contribution in [0.2, 0.25) is 0 Å². The molecule has 0 amide bonds. The van der Waals surface area contributed by atoms with Crippen molar-refractivity contribution in [2.75, 3.05) is 13.2 Å². The van der Waals surface area contributed by atoms with Gasteiger partial charge in [-0.05, 0) is 32.1 Å². The zero-order valence-corrected chi connectivity index (χ0v) is 25.4. The minimum atomic E-state index is -0.443. The second-order valence-electron chi connectivity index (χ2n) is 11.5. The third kappa shape index (κ3) is 18.9. The molecule has 0 aromatic carbocycles. The van der Waals surface area contributed by atoms with E-state index in [4.69, 9.17) is 9.47 Å². The van der Waals surface area contributed by atoms with Gasteiger partial charge in [0.25, 0.3) is 0 Å². The van der Waals surface area contributed by atoms with Gasteiger partial charge in [0.05, 0.1) is 19.1 Å². The minimum Gasteiger partial charge on any atom is -0.465 e. The Morgan fingerprint density at radius 3 is 1.45 bits per heavy atom. The molecule has 0 aliphatic heterocycles. The third-order valence-corrected chi connectivity index (χ3v) is 7.93. The molecular formula is C34H62O4. The zero-order chi connectivity index (χ0) is 27.5. The van der Waals surface area contributed by atoms with Crippen LogP contribution in [-0.2, 0) is 19.1 Å². The summed E-state index contributed by atoms with van der Waals surface area (Å²) in [5.41, 5.74) is 0.531. The van der Waals surface area contributed by atoms with E-state index in [2.05, 4.69) is 13.8 Å². The molecule has 1 rings (SSSR count). The standard InChI is InChI=1S/C34H62O4/c1-3-5-7-9-11-13-15-17-19-21-25-29-37-33(35)31-27-23-24-28-32(31)34(36)38-30-26-22-20-18-16-14-12-10-8-6-4-2/h27,32H,3-26,28-30H2,1-2H3. The van der Waals surface area contributed by atoms with Crippen LogP contribution in [0, 0.1) is 5.92 Å². The number of hydrogen-bond donors (Lipinski definition) is 0. The first-order chi connectivity index (χ1) is 18.7. The van der Waals surface area contributed by atoms with Crippen molar-refractivity contribution < 1.29 is 19.1 Å². The summed E-state index contributed by atoms with van der Waals surface area (Å²) in [7, 11) is 0. The first-order valence-electron chi connectivity index (χ1n) is 16.7. The van der Waals surface area contributed by atoms with Gasteiger partial charge in [0, 0.05) is 5.57 Å². The van der Waals surface area contributed by atoms with Crippen molar-refractivity contribution >= 4 is 11.9 Å². The molecule has 1 aliphatic carbocycles. The molecule has 222 valence electrons. The molecule has 0 aromatic heterocycles. The Balaban J connectivity index is 2.07. The van der Waals surface area contributed by atoms with Crippen molar-refractivity contribution in [3.8, 4) is 0 Å². The summed E-state index contributed by atoms with van der Waals surface area (Å²) < 4.78 is 11.1. The fourth-order valence-corrected chi connectivity index (χ4v) is 5.40. The van der Waals surface area contributed by atoms with Gasteiger partial charge in [-0.15, -0.1) is 0 Å². The fraction of sp³-hybridized carbons (Fsp3) is 0.882. The van der Waals surface area contributed by atoms with Gasteiger partial charge >= 0.3 is 11.9 Å². The lowest BCUT2D eigenvalue weighted by atomic mass is 9.87.